The first-order valence-corrected chi connectivity index (χ1v) is 6.92. The Morgan fingerprint density at radius 1 is 1.05 bits per heavy atom. The summed E-state index contributed by atoms with van der Waals surface area (Å²) in [7, 11) is 0. The van der Waals surface area contributed by atoms with Gasteiger partial charge in [-0.1, -0.05) is 24.3 Å². The molecule has 0 bridgehead atoms. The van der Waals surface area contributed by atoms with Crippen molar-refractivity contribution in [2.75, 3.05) is 0 Å². The van der Waals surface area contributed by atoms with Gasteiger partial charge in [0.25, 0.3) is 0 Å². The number of fused-ring (bicyclic) bond motifs is 3. The van der Waals surface area contributed by atoms with Crippen LogP contribution >= 0.6 is 0 Å². The Morgan fingerprint density at radius 2 is 1.85 bits per heavy atom. The molecule has 1 saturated carbocycles. The maximum absolute atomic E-state index is 10.7. The van der Waals surface area contributed by atoms with Crippen molar-refractivity contribution in [1.82, 2.24) is 4.98 Å². The number of aliphatic imine (C=N–C) groups is 1. The molecule has 3 heteroatoms. The molecule has 2 aromatic carbocycles. The maximum atomic E-state index is 10.7. The summed E-state index contributed by atoms with van der Waals surface area (Å²) in [5.41, 5.74) is 3.07. The average Bonchev–Trinajstić information content (AvgIpc) is 2.80. The van der Waals surface area contributed by atoms with Gasteiger partial charge in [-0.2, -0.15) is 4.99 Å². The molecule has 0 amide bonds. The van der Waals surface area contributed by atoms with E-state index in [2.05, 4.69) is 40.3 Å². The summed E-state index contributed by atoms with van der Waals surface area (Å²) in [6.07, 6.45) is 4.76. The lowest BCUT2D eigenvalue weighted by Gasteiger charge is -2.37. The third-order valence-electron chi connectivity index (χ3n) is 4.48. The second-order valence-corrected chi connectivity index (χ2v) is 5.52. The van der Waals surface area contributed by atoms with Crippen LogP contribution in [-0.4, -0.2) is 11.1 Å². The number of H-pyrrole nitrogens is 1. The van der Waals surface area contributed by atoms with E-state index in [0.29, 0.717) is 0 Å². The van der Waals surface area contributed by atoms with Crippen LogP contribution in [0.2, 0.25) is 0 Å². The molecular weight excluding hydrogens is 248 g/mol. The number of nitrogens with one attached hydrogen (secondary N) is 1. The zero-order valence-corrected chi connectivity index (χ0v) is 11.0. The first kappa shape index (κ1) is 11.4. The molecule has 0 aliphatic heterocycles. The molecular formula is C17H14N2O. The summed E-state index contributed by atoms with van der Waals surface area (Å²) < 4.78 is 0. The first-order valence-electron chi connectivity index (χ1n) is 6.92. The molecule has 98 valence electrons. The molecule has 20 heavy (non-hydrogen) atoms. The number of hydrogen-bond acceptors (Lipinski definition) is 2. The highest BCUT2D eigenvalue weighted by molar-refractivity contribution is 6.07. The Hall–Kier alpha value is -2.38. The lowest BCUT2D eigenvalue weighted by atomic mass is 9.72. The molecule has 0 radical (unpaired) electrons. The fraction of sp³-hybridized carbons (Fsp3) is 0.235. The van der Waals surface area contributed by atoms with Gasteiger partial charge in [0, 0.05) is 21.8 Å². The van der Waals surface area contributed by atoms with Crippen LogP contribution in [-0.2, 0) is 10.3 Å². The van der Waals surface area contributed by atoms with Crippen molar-refractivity contribution < 1.29 is 4.79 Å². The maximum Gasteiger partial charge on any atom is 0.235 e. The molecule has 0 atom stereocenters. The van der Waals surface area contributed by atoms with E-state index in [4.69, 9.17) is 0 Å². The average molecular weight is 262 g/mol. The highest BCUT2D eigenvalue weighted by atomic mass is 16.1. The molecule has 0 saturated heterocycles. The van der Waals surface area contributed by atoms with Crippen molar-refractivity contribution in [2.24, 2.45) is 4.99 Å². The molecule has 3 nitrogen and oxygen atoms in total. The summed E-state index contributed by atoms with van der Waals surface area (Å²) in [4.78, 5) is 18.2. The summed E-state index contributed by atoms with van der Waals surface area (Å²) in [6.45, 7) is 0. The minimum absolute atomic E-state index is 0.325. The quantitative estimate of drug-likeness (QED) is 0.550. The second kappa shape index (κ2) is 4.06. The number of benzene rings is 2. The van der Waals surface area contributed by atoms with Gasteiger partial charge in [-0.15, -0.1) is 0 Å². The minimum atomic E-state index is -0.325. The van der Waals surface area contributed by atoms with Crippen LogP contribution in [0.5, 0.6) is 0 Å². The Balaban J connectivity index is 1.98. The summed E-state index contributed by atoms with van der Waals surface area (Å²) >= 11 is 0. The number of nitrogens with zero attached hydrogens (tertiary/aromatic N) is 1. The van der Waals surface area contributed by atoms with Gasteiger partial charge >= 0.3 is 0 Å². The van der Waals surface area contributed by atoms with Crippen molar-refractivity contribution in [1.29, 1.82) is 0 Å². The number of hydrogen-bond donors (Lipinski definition) is 1. The van der Waals surface area contributed by atoms with Crippen molar-refractivity contribution >= 4 is 27.9 Å². The fourth-order valence-corrected chi connectivity index (χ4v) is 3.20. The van der Waals surface area contributed by atoms with E-state index in [-0.39, 0.29) is 5.54 Å². The number of aromatic amines is 1. The van der Waals surface area contributed by atoms with Crippen LogP contribution in [0.15, 0.2) is 47.5 Å². The molecule has 0 unspecified atom stereocenters. The van der Waals surface area contributed by atoms with Crippen LogP contribution in [0.25, 0.3) is 21.8 Å². The number of isocyanates is 1. The van der Waals surface area contributed by atoms with Gasteiger partial charge in [0.05, 0.1) is 5.54 Å². The monoisotopic (exact) mass is 262 g/mol. The van der Waals surface area contributed by atoms with Crippen LogP contribution in [0.3, 0.4) is 0 Å². The third kappa shape index (κ3) is 1.47. The highest BCUT2D eigenvalue weighted by Gasteiger charge is 2.38. The Morgan fingerprint density at radius 3 is 2.60 bits per heavy atom. The molecule has 1 fully saturated rings. The molecule has 3 aromatic rings. The van der Waals surface area contributed by atoms with E-state index >= 15 is 0 Å². The predicted molar refractivity (Wildman–Crippen MR) is 79.5 cm³/mol. The van der Waals surface area contributed by atoms with Gasteiger partial charge in [0.15, 0.2) is 0 Å². The zero-order valence-electron chi connectivity index (χ0n) is 11.0. The topological polar surface area (TPSA) is 45.2 Å². The fourth-order valence-electron chi connectivity index (χ4n) is 3.20. The number of para-hydroxylation sites is 1. The van der Waals surface area contributed by atoms with Crippen LogP contribution in [0.1, 0.15) is 24.8 Å². The van der Waals surface area contributed by atoms with Crippen molar-refractivity contribution in [3.63, 3.8) is 0 Å². The normalized spacial score (nSPS) is 16.8. The van der Waals surface area contributed by atoms with E-state index < -0.39 is 0 Å². The van der Waals surface area contributed by atoms with E-state index in [1.165, 1.54) is 10.8 Å². The van der Waals surface area contributed by atoms with E-state index in [1.54, 1.807) is 6.08 Å². The van der Waals surface area contributed by atoms with E-state index in [9.17, 15) is 4.79 Å². The molecule has 1 aliphatic carbocycles. The number of rotatable bonds is 2. The van der Waals surface area contributed by atoms with E-state index in [1.807, 2.05) is 12.1 Å². The molecule has 4 rings (SSSR count). The molecule has 1 aromatic heterocycles. The Kier molecular flexibility index (Phi) is 2.32. The van der Waals surface area contributed by atoms with Crippen LogP contribution in [0, 0.1) is 0 Å². The van der Waals surface area contributed by atoms with Crippen LogP contribution in [0.4, 0.5) is 0 Å². The van der Waals surface area contributed by atoms with Gasteiger partial charge in [-0.25, -0.2) is 4.79 Å². The van der Waals surface area contributed by atoms with Crippen molar-refractivity contribution in [2.45, 2.75) is 24.8 Å². The van der Waals surface area contributed by atoms with Gasteiger partial charge < -0.3 is 4.98 Å². The second-order valence-electron chi connectivity index (χ2n) is 5.52. The lowest BCUT2D eigenvalue weighted by molar-refractivity contribution is 0.256. The molecule has 0 spiro atoms. The zero-order chi connectivity index (χ0) is 13.6. The summed E-state index contributed by atoms with van der Waals surface area (Å²) in [5, 5.41) is 2.42. The SMILES string of the molecule is O=C=NC1(c2ccc3[nH]c4ccccc4c3c2)CCC1. The van der Waals surface area contributed by atoms with Crippen LogP contribution < -0.4 is 0 Å². The van der Waals surface area contributed by atoms with Gasteiger partial charge in [-0.3, -0.25) is 0 Å². The minimum Gasteiger partial charge on any atom is -0.355 e. The smallest absolute Gasteiger partial charge is 0.235 e. The first-order chi connectivity index (χ1) is 9.82. The molecule has 1 aliphatic rings. The molecule has 1 heterocycles. The Bertz CT molecular complexity index is 852. The van der Waals surface area contributed by atoms with Crippen molar-refractivity contribution in [3.05, 3.63) is 48.0 Å². The largest absolute Gasteiger partial charge is 0.355 e. The Labute approximate surface area is 116 Å². The third-order valence-corrected chi connectivity index (χ3v) is 4.48. The summed E-state index contributed by atoms with van der Waals surface area (Å²) in [6, 6.07) is 14.6. The number of aromatic nitrogens is 1. The lowest BCUT2D eigenvalue weighted by Crippen LogP contribution is -2.31. The number of carbonyl (C=O) groups excluding carboxylic acids is 1. The molecule has 1 N–H and O–H groups in total. The summed E-state index contributed by atoms with van der Waals surface area (Å²) in [5.74, 6) is 0. The van der Waals surface area contributed by atoms with Gasteiger partial charge in [0.2, 0.25) is 6.08 Å². The highest BCUT2D eigenvalue weighted by Crippen LogP contribution is 2.45. The van der Waals surface area contributed by atoms with E-state index in [0.717, 1.165) is 35.9 Å². The van der Waals surface area contributed by atoms with Crippen molar-refractivity contribution in [3.8, 4) is 0 Å². The standard InChI is InChI=1S/C17H14N2O/c20-11-18-17(8-3-9-17)12-6-7-16-14(10-12)13-4-1-2-5-15(13)19-16/h1-2,4-7,10,19H,3,8-9H2. The van der Waals surface area contributed by atoms with Gasteiger partial charge in [-0.05, 0) is 43.0 Å². The van der Waals surface area contributed by atoms with Gasteiger partial charge in [0.1, 0.15) is 0 Å². The predicted octanol–water partition coefficient (Wildman–Crippen LogP) is 4.04.